The van der Waals surface area contributed by atoms with E-state index in [4.69, 9.17) is 16.3 Å². The summed E-state index contributed by atoms with van der Waals surface area (Å²) in [6, 6.07) is 15.1. The van der Waals surface area contributed by atoms with E-state index in [0.717, 1.165) is 24.3 Å². The standard InChI is InChI=1S/C28H23ClF3NO4/c1-27(2,3)24(26(35)36)37-23-15-12-21(29)16-19(23)7-4-17-5-13-22(14-6-17)33-25(34)18-8-10-20(11-9-18)28(30,31)32/h5-6,8-16,24H,1-3H3,(H,33,34)(H,35,36). The van der Waals surface area contributed by atoms with Crippen molar-refractivity contribution >= 4 is 29.2 Å². The number of amides is 1. The maximum absolute atomic E-state index is 12.7. The molecule has 0 fully saturated rings. The first-order valence-electron chi connectivity index (χ1n) is 11.0. The molecule has 3 aromatic rings. The number of anilines is 1. The molecule has 0 aliphatic heterocycles. The number of hydrogen-bond acceptors (Lipinski definition) is 3. The summed E-state index contributed by atoms with van der Waals surface area (Å²) in [5.74, 6) is 4.51. The Bertz CT molecular complexity index is 1350. The molecule has 0 spiro atoms. The highest BCUT2D eigenvalue weighted by molar-refractivity contribution is 6.30. The van der Waals surface area contributed by atoms with Crippen molar-refractivity contribution in [2.75, 3.05) is 5.32 Å². The fourth-order valence-electron chi connectivity index (χ4n) is 3.22. The van der Waals surface area contributed by atoms with Crippen LogP contribution in [0.4, 0.5) is 18.9 Å². The first-order chi connectivity index (χ1) is 17.2. The zero-order valence-corrected chi connectivity index (χ0v) is 20.9. The Kier molecular flexibility index (Phi) is 8.19. The highest BCUT2D eigenvalue weighted by Gasteiger charge is 2.34. The summed E-state index contributed by atoms with van der Waals surface area (Å²) in [5, 5.41) is 12.6. The van der Waals surface area contributed by atoms with Crippen LogP contribution < -0.4 is 10.1 Å². The first-order valence-corrected chi connectivity index (χ1v) is 11.4. The van der Waals surface area contributed by atoms with Gasteiger partial charge < -0.3 is 15.2 Å². The molecule has 9 heteroatoms. The smallest absolute Gasteiger partial charge is 0.416 e. The Hall–Kier alpha value is -3.96. The van der Waals surface area contributed by atoms with Crippen LogP contribution in [0.2, 0.25) is 5.02 Å². The number of carbonyl (C=O) groups excluding carboxylic acids is 1. The number of benzene rings is 3. The second-order valence-corrected chi connectivity index (χ2v) is 9.64. The minimum absolute atomic E-state index is 0.0836. The van der Waals surface area contributed by atoms with Gasteiger partial charge in [0.15, 0.2) is 6.10 Å². The van der Waals surface area contributed by atoms with Gasteiger partial charge in [0.2, 0.25) is 0 Å². The average Bonchev–Trinajstić information content (AvgIpc) is 2.81. The zero-order chi connectivity index (χ0) is 27.4. The second kappa shape index (κ2) is 11.0. The summed E-state index contributed by atoms with van der Waals surface area (Å²) in [7, 11) is 0. The first kappa shape index (κ1) is 27.6. The van der Waals surface area contributed by atoms with Crippen LogP contribution in [-0.2, 0) is 11.0 Å². The third kappa shape index (κ3) is 7.51. The predicted molar refractivity (Wildman–Crippen MR) is 135 cm³/mol. The number of hydrogen-bond donors (Lipinski definition) is 2. The monoisotopic (exact) mass is 529 g/mol. The predicted octanol–water partition coefficient (Wildman–Crippen LogP) is 6.89. The number of aliphatic carboxylic acids is 1. The summed E-state index contributed by atoms with van der Waals surface area (Å²) in [6.45, 7) is 5.26. The Labute approximate surface area is 217 Å². The van der Waals surface area contributed by atoms with Gasteiger partial charge in [-0.3, -0.25) is 4.79 Å². The van der Waals surface area contributed by atoms with Crippen LogP contribution in [0.15, 0.2) is 66.7 Å². The SMILES string of the molecule is CC(C)(C)C(Oc1ccc(Cl)cc1C#Cc1ccc(NC(=O)c2ccc(C(F)(F)F)cc2)cc1)C(=O)O. The van der Waals surface area contributed by atoms with E-state index in [1.165, 1.54) is 0 Å². The molecule has 3 aromatic carbocycles. The number of carbonyl (C=O) groups is 2. The topological polar surface area (TPSA) is 75.6 Å². The molecule has 0 aliphatic rings. The van der Waals surface area contributed by atoms with Crippen LogP contribution in [-0.4, -0.2) is 23.1 Å². The van der Waals surface area contributed by atoms with Crippen LogP contribution in [0.1, 0.15) is 47.8 Å². The van der Waals surface area contributed by atoms with Gasteiger partial charge >= 0.3 is 12.1 Å². The Morgan fingerprint density at radius 3 is 2.11 bits per heavy atom. The molecule has 0 bridgehead atoms. The summed E-state index contributed by atoms with van der Waals surface area (Å²) < 4.78 is 43.9. The molecular weight excluding hydrogens is 507 g/mol. The van der Waals surface area contributed by atoms with Crippen LogP contribution >= 0.6 is 11.6 Å². The molecule has 0 heterocycles. The molecule has 192 valence electrons. The fraction of sp³-hybridized carbons (Fsp3) is 0.214. The minimum atomic E-state index is -4.48. The van der Waals surface area contributed by atoms with Crippen molar-refractivity contribution in [2.24, 2.45) is 5.41 Å². The molecule has 0 aromatic heterocycles. The largest absolute Gasteiger partial charge is 0.478 e. The van der Waals surface area contributed by atoms with E-state index < -0.39 is 35.1 Å². The molecule has 1 amide bonds. The molecular formula is C28H23ClF3NO4. The van der Waals surface area contributed by atoms with Gasteiger partial charge in [-0.25, -0.2) is 4.79 Å². The van der Waals surface area contributed by atoms with Crippen LogP contribution in [0, 0.1) is 17.3 Å². The summed E-state index contributed by atoms with van der Waals surface area (Å²) in [4.78, 5) is 24.1. The maximum Gasteiger partial charge on any atom is 0.416 e. The van der Waals surface area contributed by atoms with Crippen molar-refractivity contribution in [3.05, 3.63) is 94.0 Å². The zero-order valence-electron chi connectivity index (χ0n) is 20.1. The van der Waals surface area contributed by atoms with E-state index in [-0.39, 0.29) is 11.3 Å². The molecule has 0 saturated carbocycles. The normalized spacial score (nSPS) is 12.2. The lowest BCUT2D eigenvalue weighted by Gasteiger charge is -2.28. The highest BCUT2D eigenvalue weighted by atomic mass is 35.5. The van der Waals surface area contributed by atoms with Gasteiger partial charge in [0.05, 0.1) is 11.1 Å². The Morgan fingerprint density at radius 2 is 1.57 bits per heavy atom. The molecule has 2 N–H and O–H groups in total. The van der Waals surface area contributed by atoms with Gasteiger partial charge in [-0.2, -0.15) is 13.2 Å². The molecule has 5 nitrogen and oxygen atoms in total. The summed E-state index contributed by atoms with van der Waals surface area (Å²) >= 11 is 6.10. The van der Waals surface area contributed by atoms with Gasteiger partial charge in [0, 0.05) is 27.3 Å². The molecule has 0 saturated heterocycles. The van der Waals surface area contributed by atoms with Crippen LogP contribution in [0.25, 0.3) is 0 Å². The fourth-order valence-corrected chi connectivity index (χ4v) is 3.39. The summed E-state index contributed by atoms with van der Waals surface area (Å²) in [6.07, 6.45) is -5.59. The second-order valence-electron chi connectivity index (χ2n) is 9.20. The number of rotatable bonds is 5. The average molecular weight is 530 g/mol. The van der Waals surface area contributed by atoms with Crippen molar-refractivity contribution in [1.29, 1.82) is 0 Å². The number of alkyl halides is 3. The number of carboxylic acid groups (broad SMARTS) is 1. The number of halogens is 4. The number of nitrogens with one attached hydrogen (secondary N) is 1. The molecule has 37 heavy (non-hydrogen) atoms. The highest BCUT2D eigenvalue weighted by Crippen LogP contribution is 2.30. The molecule has 0 aliphatic carbocycles. The van der Waals surface area contributed by atoms with E-state index >= 15 is 0 Å². The van der Waals surface area contributed by atoms with E-state index in [0.29, 0.717) is 21.8 Å². The van der Waals surface area contributed by atoms with Gasteiger partial charge in [0.1, 0.15) is 5.75 Å². The molecule has 1 atom stereocenters. The van der Waals surface area contributed by atoms with E-state index in [1.807, 2.05) is 0 Å². The van der Waals surface area contributed by atoms with Crippen molar-refractivity contribution < 1.29 is 32.6 Å². The minimum Gasteiger partial charge on any atom is -0.478 e. The Morgan fingerprint density at radius 1 is 0.946 bits per heavy atom. The van der Waals surface area contributed by atoms with Crippen LogP contribution in [0.5, 0.6) is 5.75 Å². The summed E-state index contributed by atoms with van der Waals surface area (Å²) in [5.41, 5.74) is -0.00239. The lowest BCUT2D eigenvalue weighted by atomic mass is 9.89. The van der Waals surface area contributed by atoms with Crippen molar-refractivity contribution in [3.63, 3.8) is 0 Å². The van der Waals surface area contributed by atoms with E-state index in [1.54, 1.807) is 63.2 Å². The lowest BCUT2D eigenvalue weighted by molar-refractivity contribution is -0.150. The quantitative estimate of drug-likeness (QED) is 0.353. The maximum atomic E-state index is 12.7. The van der Waals surface area contributed by atoms with Gasteiger partial charge in [0.25, 0.3) is 5.91 Å². The van der Waals surface area contributed by atoms with Gasteiger partial charge in [-0.1, -0.05) is 44.2 Å². The molecule has 0 radical (unpaired) electrons. The van der Waals surface area contributed by atoms with Crippen molar-refractivity contribution in [1.82, 2.24) is 0 Å². The molecule has 1 unspecified atom stereocenters. The van der Waals surface area contributed by atoms with Crippen molar-refractivity contribution in [2.45, 2.75) is 33.1 Å². The van der Waals surface area contributed by atoms with Crippen LogP contribution in [0.3, 0.4) is 0 Å². The lowest BCUT2D eigenvalue weighted by Crippen LogP contribution is -2.39. The molecule has 3 rings (SSSR count). The number of carboxylic acids is 1. The number of ether oxygens (including phenoxy) is 1. The van der Waals surface area contributed by atoms with Gasteiger partial charge in [-0.15, -0.1) is 0 Å². The third-order valence-electron chi connectivity index (χ3n) is 5.16. The third-order valence-corrected chi connectivity index (χ3v) is 5.39. The van der Waals surface area contributed by atoms with E-state index in [2.05, 4.69) is 17.2 Å². The van der Waals surface area contributed by atoms with Gasteiger partial charge in [-0.05, 0) is 66.7 Å². The van der Waals surface area contributed by atoms with Crippen molar-refractivity contribution in [3.8, 4) is 17.6 Å². The Balaban J connectivity index is 1.75. The van der Waals surface area contributed by atoms with E-state index in [9.17, 15) is 27.9 Å².